The summed E-state index contributed by atoms with van der Waals surface area (Å²) in [5.41, 5.74) is 1.53. The number of hydrogen-bond donors (Lipinski definition) is 1. The van der Waals surface area contributed by atoms with E-state index in [1.54, 1.807) is 34.9 Å². The summed E-state index contributed by atoms with van der Waals surface area (Å²) < 4.78 is 1.56. The molecule has 0 aliphatic carbocycles. The maximum absolute atomic E-state index is 13.0. The molecule has 3 rings (SSSR count). The van der Waals surface area contributed by atoms with Gasteiger partial charge in [0.2, 0.25) is 0 Å². The molecule has 0 saturated carbocycles. The number of carbonyl (C=O) groups excluding carboxylic acids is 1. The summed E-state index contributed by atoms with van der Waals surface area (Å²) in [7, 11) is 0. The highest BCUT2D eigenvalue weighted by Gasteiger charge is 2.16. The minimum Gasteiger partial charge on any atom is -0.508 e. The Balaban J connectivity index is 2.31. The van der Waals surface area contributed by atoms with E-state index in [0.29, 0.717) is 28.0 Å². The van der Waals surface area contributed by atoms with Gasteiger partial charge in [-0.2, -0.15) is 0 Å². The zero-order valence-corrected chi connectivity index (χ0v) is 13.8. The molecule has 3 aromatic rings. The van der Waals surface area contributed by atoms with Gasteiger partial charge in [-0.25, -0.2) is 4.98 Å². The Labute approximate surface area is 139 Å². The number of nitrogens with zero attached hydrogens (tertiary/aromatic N) is 2. The number of aromatic nitrogens is 2. The molecule has 122 valence electrons. The lowest BCUT2D eigenvalue weighted by Gasteiger charge is -2.16. The number of ketones is 1. The molecule has 0 radical (unpaired) electrons. The van der Waals surface area contributed by atoms with E-state index in [-0.39, 0.29) is 23.0 Å². The lowest BCUT2D eigenvalue weighted by Crippen LogP contribution is -2.24. The van der Waals surface area contributed by atoms with Crippen LogP contribution in [0, 0.1) is 0 Å². The van der Waals surface area contributed by atoms with Crippen molar-refractivity contribution in [3.05, 3.63) is 64.2 Å². The Bertz CT molecular complexity index is 986. The molecule has 24 heavy (non-hydrogen) atoms. The first kappa shape index (κ1) is 15.9. The van der Waals surface area contributed by atoms with Crippen LogP contribution >= 0.6 is 0 Å². The summed E-state index contributed by atoms with van der Waals surface area (Å²) in [4.78, 5) is 29.0. The number of phenolic OH excluding ortho intramolecular Hbond substituents is 1. The maximum Gasteiger partial charge on any atom is 0.265 e. The van der Waals surface area contributed by atoms with Crippen LogP contribution in [0.4, 0.5) is 0 Å². The Kier molecular flexibility index (Phi) is 3.93. The predicted molar refractivity (Wildman–Crippen MR) is 93.1 cm³/mol. The van der Waals surface area contributed by atoms with Gasteiger partial charge in [-0.1, -0.05) is 13.8 Å². The van der Waals surface area contributed by atoms with Gasteiger partial charge in [-0.05, 0) is 43.3 Å². The van der Waals surface area contributed by atoms with Crippen molar-refractivity contribution in [3.63, 3.8) is 0 Å². The molecule has 0 spiro atoms. The first-order chi connectivity index (χ1) is 11.4. The van der Waals surface area contributed by atoms with E-state index >= 15 is 0 Å². The van der Waals surface area contributed by atoms with Crippen LogP contribution in [0.2, 0.25) is 0 Å². The predicted octanol–water partition coefficient (Wildman–Crippen LogP) is 3.42. The lowest BCUT2D eigenvalue weighted by molar-refractivity contribution is 0.101. The average molecular weight is 322 g/mol. The molecule has 0 aliphatic heterocycles. The van der Waals surface area contributed by atoms with Gasteiger partial charge in [0.25, 0.3) is 5.56 Å². The van der Waals surface area contributed by atoms with Crippen LogP contribution in [0.3, 0.4) is 0 Å². The first-order valence-electron chi connectivity index (χ1n) is 7.75. The molecule has 1 aromatic heterocycles. The van der Waals surface area contributed by atoms with Crippen molar-refractivity contribution >= 4 is 16.7 Å². The van der Waals surface area contributed by atoms with E-state index < -0.39 is 0 Å². The molecule has 0 fully saturated rings. The van der Waals surface area contributed by atoms with E-state index in [1.165, 1.54) is 19.1 Å². The van der Waals surface area contributed by atoms with E-state index in [4.69, 9.17) is 0 Å². The number of phenols is 1. The third-order valence-corrected chi connectivity index (χ3v) is 3.93. The monoisotopic (exact) mass is 322 g/mol. The zero-order chi connectivity index (χ0) is 17.4. The average Bonchev–Trinajstić information content (AvgIpc) is 2.54. The van der Waals surface area contributed by atoms with Gasteiger partial charge in [-0.3, -0.25) is 14.2 Å². The molecule has 0 aliphatic rings. The SMILES string of the molecule is CC(=O)c1ccc(-n2c(C(C)C)nc3cc(O)ccc3c2=O)cc1. The van der Waals surface area contributed by atoms with Gasteiger partial charge in [0.15, 0.2) is 5.78 Å². The van der Waals surface area contributed by atoms with Gasteiger partial charge < -0.3 is 5.11 Å². The molecular formula is C19H18N2O3. The number of rotatable bonds is 3. The Morgan fingerprint density at radius 3 is 2.38 bits per heavy atom. The number of aromatic hydroxyl groups is 1. The molecular weight excluding hydrogens is 304 g/mol. The molecule has 0 bridgehead atoms. The summed E-state index contributed by atoms with van der Waals surface area (Å²) in [6.07, 6.45) is 0. The molecule has 0 amide bonds. The fraction of sp³-hybridized carbons (Fsp3) is 0.211. The topological polar surface area (TPSA) is 72.2 Å². The quantitative estimate of drug-likeness (QED) is 0.750. The second-order valence-electron chi connectivity index (χ2n) is 6.07. The highest BCUT2D eigenvalue weighted by molar-refractivity contribution is 5.94. The van der Waals surface area contributed by atoms with Crippen molar-refractivity contribution in [1.82, 2.24) is 9.55 Å². The van der Waals surface area contributed by atoms with Crippen molar-refractivity contribution in [2.45, 2.75) is 26.7 Å². The van der Waals surface area contributed by atoms with E-state index in [0.717, 1.165) is 0 Å². The smallest absolute Gasteiger partial charge is 0.265 e. The number of hydrogen-bond acceptors (Lipinski definition) is 4. The van der Waals surface area contributed by atoms with Crippen molar-refractivity contribution in [1.29, 1.82) is 0 Å². The summed E-state index contributed by atoms with van der Waals surface area (Å²) in [6.45, 7) is 5.42. The minimum atomic E-state index is -0.195. The van der Waals surface area contributed by atoms with Gasteiger partial charge in [0, 0.05) is 17.5 Å². The molecule has 0 saturated heterocycles. The van der Waals surface area contributed by atoms with Crippen molar-refractivity contribution in [2.75, 3.05) is 0 Å². The molecule has 5 heteroatoms. The standard InChI is InChI=1S/C19H18N2O3/c1-11(2)18-20-17-10-15(23)8-9-16(17)19(24)21(18)14-6-4-13(5-7-14)12(3)22/h4-11,23H,1-3H3. The van der Waals surface area contributed by atoms with Gasteiger partial charge in [-0.15, -0.1) is 0 Å². The van der Waals surface area contributed by atoms with Crippen molar-refractivity contribution in [2.24, 2.45) is 0 Å². The Morgan fingerprint density at radius 1 is 1.12 bits per heavy atom. The van der Waals surface area contributed by atoms with Crippen molar-refractivity contribution in [3.8, 4) is 11.4 Å². The second kappa shape index (κ2) is 5.92. The van der Waals surface area contributed by atoms with Gasteiger partial charge in [0.1, 0.15) is 11.6 Å². The number of Topliss-reactive ketones (excluding diaryl/α,β-unsaturated/α-hetero) is 1. The fourth-order valence-electron chi connectivity index (χ4n) is 2.67. The Hall–Kier alpha value is -2.95. The number of carbonyl (C=O) groups is 1. The third kappa shape index (κ3) is 2.69. The van der Waals surface area contributed by atoms with E-state index in [9.17, 15) is 14.7 Å². The highest BCUT2D eigenvalue weighted by Crippen LogP contribution is 2.21. The van der Waals surface area contributed by atoms with Crippen LogP contribution in [0.1, 0.15) is 42.9 Å². The zero-order valence-electron chi connectivity index (χ0n) is 13.8. The van der Waals surface area contributed by atoms with Crippen LogP contribution in [0.15, 0.2) is 47.3 Å². The molecule has 0 atom stereocenters. The second-order valence-corrected chi connectivity index (χ2v) is 6.07. The first-order valence-corrected chi connectivity index (χ1v) is 7.75. The van der Waals surface area contributed by atoms with Gasteiger partial charge in [0.05, 0.1) is 16.6 Å². The minimum absolute atomic E-state index is 0.0110. The third-order valence-electron chi connectivity index (χ3n) is 3.93. The van der Waals surface area contributed by atoms with Gasteiger partial charge >= 0.3 is 0 Å². The highest BCUT2D eigenvalue weighted by atomic mass is 16.3. The van der Waals surface area contributed by atoms with E-state index in [2.05, 4.69) is 4.98 Å². The molecule has 2 aromatic carbocycles. The summed E-state index contributed by atoms with van der Waals surface area (Å²) >= 11 is 0. The molecule has 5 nitrogen and oxygen atoms in total. The van der Waals surface area contributed by atoms with Crippen LogP contribution in [0.5, 0.6) is 5.75 Å². The van der Waals surface area contributed by atoms with Crippen LogP contribution < -0.4 is 5.56 Å². The maximum atomic E-state index is 13.0. The fourth-order valence-corrected chi connectivity index (χ4v) is 2.67. The summed E-state index contributed by atoms with van der Waals surface area (Å²) in [6, 6.07) is 11.4. The number of fused-ring (bicyclic) bond motifs is 1. The normalized spacial score (nSPS) is 11.2. The molecule has 1 N–H and O–H groups in total. The van der Waals surface area contributed by atoms with E-state index in [1.807, 2.05) is 13.8 Å². The van der Waals surface area contributed by atoms with Crippen LogP contribution in [-0.4, -0.2) is 20.4 Å². The Morgan fingerprint density at radius 2 is 1.79 bits per heavy atom. The lowest BCUT2D eigenvalue weighted by atomic mass is 10.1. The number of benzene rings is 2. The largest absolute Gasteiger partial charge is 0.508 e. The van der Waals surface area contributed by atoms with Crippen LogP contribution in [-0.2, 0) is 0 Å². The molecule has 1 heterocycles. The van der Waals surface area contributed by atoms with Crippen molar-refractivity contribution < 1.29 is 9.90 Å². The summed E-state index contributed by atoms with van der Waals surface area (Å²) in [5.74, 6) is 0.670. The summed E-state index contributed by atoms with van der Waals surface area (Å²) in [5, 5.41) is 10.1. The van der Waals surface area contributed by atoms with Crippen LogP contribution in [0.25, 0.3) is 16.6 Å². The molecule has 0 unspecified atom stereocenters.